The van der Waals surface area contributed by atoms with E-state index >= 15 is 0 Å². The number of rotatable bonds is 10. The molecule has 8 nitrogen and oxygen atoms in total. The van der Waals surface area contributed by atoms with Crippen LogP contribution in [0.3, 0.4) is 0 Å². The zero-order valence-corrected chi connectivity index (χ0v) is 19.4. The van der Waals surface area contributed by atoms with Crippen LogP contribution in [0.1, 0.15) is 31.4 Å². The van der Waals surface area contributed by atoms with Crippen LogP contribution in [0.4, 0.5) is 5.69 Å². The number of aryl methyl sites for hydroxylation is 1. The van der Waals surface area contributed by atoms with Gasteiger partial charge in [0.2, 0.25) is 0 Å². The van der Waals surface area contributed by atoms with E-state index in [1.165, 1.54) is 5.69 Å². The minimum absolute atomic E-state index is 0.524. The number of aliphatic imine (C=N–C) groups is 1. The lowest BCUT2D eigenvalue weighted by Gasteiger charge is -2.23. The SMILES string of the molecule is CCOCC1CCN(C(=NCc2nnc(C)n2C)NCCCN(C)c2ccccc2)C1. The lowest BCUT2D eigenvalue weighted by atomic mass is 10.1. The van der Waals surface area contributed by atoms with Crippen molar-refractivity contribution < 1.29 is 4.74 Å². The van der Waals surface area contributed by atoms with Crippen LogP contribution in [-0.2, 0) is 18.3 Å². The molecule has 2 heterocycles. The summed E-state index contributed by atoms with van der Waals surface area (Å²) in [4.78, 5) is 9.53. The normalized spacial score (nSPS) is 16.7. The summed E-state index contributed by atoms with van der Waals surface area (Å²) in [5, 5.41) is 12.0. The third-order valence-electron chi connectivity index (χ3n) is 5.85. The van der Waals surface area contributed by atoms with E-state index in [9.17, 15) is 0 Å². The largest absolute Gasteiger partial charge is 0.381 e. The molecule has 1 unspecified atom stereocenters. The Hall–Kier alpha value is -2.61. The molecule has 0 spiro atoms. The van der Waals surface area contributed by atoms with Crippen LogP contribution in [0.5, 0.6) is 0 Å². The number of nitrogens with one attached hydrogen (secondary N) is 1. The molecule has 0 amide bonds. The first-order valence-corrected chi connectivity index (χ1v) is 11.3. The molecule has 1 fully saturated rings. The molecule has 1 N–H and O–H groups in total. The van der Waals surface area contributed by atoms with Gasteiger partial charge in [-0.2, -0.15) is 0 Å². The highest BCUT2D eigenvalue weighted by molar-refractivity contribution is 5.80. The first-order chi connectivity index (χ1) is 15.1. The Morgan fingerprint density at radius 2 is 2.10 bits per heavy atom. The lowest BCUT2D eigenvalue weighted by Crippen LogP contribution is -2.41. The fraction of sp³-hybridized carbons (Fsp3) is 0.609. The van der Waals surface area contributed by atoms with Gasteiger partial charge in [-0.1, -0.05) is 18.2 Å². The second-order valence-electron chi connectivity index (χ2n) is 8.16. The maximum atomic E-state index is 5.65. The van der Waals surface area contributed by atoms with Crippen LogP contribution in [-0.4, -0.2) is 72.1 Å². The van der Waals surface area contributed by atoms with Gasteiger partial charge in [-0.05, 0) is 38.8 Å². The second kappa shape index (κ2) is 11.7. The van der Waals surface area contributed by atoms with Crippen molar-refractivity contribution in [1.82, 2.24) is 25.0 Å². The number of aromatic nitrogens is 3. The van der Waals surface area contributed by atoms with E-state index in [0.717, 1.165) is 69.8 Å². The van der Waals surface area contributed by atoms with Gasteiger partial charge in [-0.3, -0.25) is 0 Å². The van der Waals surface area contributed by atoms with E-state index in [0.29, 0.717) is 12.5 Å². The van der Waals surface area contributed by atoms with Crippen molar-refractivity contribution in [2.45, 2.75) is 33.2 Å². The molecule has 1 aromatic heterocycles. The number of benzene rings is 1. The Morgan fingerprint density at radius 3 is 2.81 bits per heavy atom. The summed E-state index contributed by atoms with van der Waals surface area (Å²) in [6, 6.07) is 10.5. The van der Waals surface area contributed by atoms with Gasteiger partial charge in [0.25, 0.3) is 0 Å². The van der Waals surface area contributed by atoms with Crippen LogP contribution < -0.4 is 10.2 Å². The second-order valence-corrected chi connectivity index (χ2v) is 8.16. The van der Waals surface area contributed by atoms with Crippen molar-refractivity contribution in [2.24, 2.45) is 18.0 Å². The smallest absolute Gasteiger partial charge is 0.194 e. The molecule has 0 saturated carbocycles. The molecular formula is C23H37N7O. The van der Waals surface area contributed by atoms with Crippen molar-refractivity contribution in [2.75, 3.05) is 51.3 Å². The molecule has 1 aliphatic heterocycles. The number of likely N-dealkylation sites (tertiary alicyclic amines) is 1. The molecule has 2 aromatic rings. The van der Waals surface area contributed by atoms with Crippen LogP contribution >= 0.6 is 0 Å². The molecule has 170 valence electrons. The maximum Gasteiger partial charge on any atom is 0.194 e. The Kier molecular flexibility index (Phi) is 8.70. The molecule has 1 atom stereocenters. The maximum absolute atomic E-state index is 5.65. The summed E-state index contributed by atoms with van der Waals surface area (Å²) >= 11 is 0. The van der Waals surface area contributed by atoms with Crippen molar-refractivity contribution in [3.8, 4) is 0 Å². The average molecular weight is 428 g/mol. The molecule has 3 rings (SSSR count). The van der Waals surface area contributed by atoms with E-state index in [1.807, 2.05) is 18.5 Å². The van der Waals surface area contributed by atoms with Gasteiger partial charge in [-0.15, -0.1) is 10.2 Å². The quantitative estimate of drug-likeness (QED) is 0.357. The van der Waals surface area contributed by atoms with Gasteiger partial charge < -0.3 is 24.4 Å². The zero-order valence-electron chi connectivity index (χ0n) is 19.4. The Bertz CT molecular complexity index is 821. The summed E-state index contributed by atoms with van der Waals surface area (Å²) in [5.74, 6) is 3.31. The van der Waals surface area contributed by atoms with Gasteiger partial charge in [0.15, 0.2) is 11.8 Å². The number of guanidine groups is 1. The molecule has 31 heavy (non-hydrogen) atoms. The third kappa shape index (κ3) is 6.69. The molecule has 1 aromatic carbocycles. The summed E-state index contributed by atoms with van der Waals surface area (Å²) in [6.45, 7) is 9.98. The number of para-hydroxylation sites is 1. The van der Waals surface area contributed by atoms with Crippen LogP contribution in [0.2, 0.25) is 0 Å². The molecule has 1 aliphatic rings. The van der Waals surface area contributed by atoms with Crippen molar-refractivity contribution in [3.05, 3.63) is 42.0 Å². The average Bonchev–Trinajstić information content (AvgIpc) is 3.39. The van der Waals surface area contributed by atoms with Crippen LogP contribution in [0, 0.1) is 12.8 Å². The Morgan fingerprint density at radius 1 is 1.29 bits per heavy atom. The minimum atomic E-state index is 0.524. The predicted octanol–water partition coefficient (Wildman–Crippen LogP) is 2.45. The predicted molar refractivity (Wildman–Crippen MR) is 125 cm³/mol. The zero-order chi connectivity index (χ0) is 22.1. The highest BCUT2D eigenvalue weighted by Gasteiger charge is 2.25. The first-order valence-electron chi connectivity index (χ1n) is 11.3. The lowest BCUT2D eigenvalue weighted by molar-refractivity contribution is 0.114. The molecule has 0 aliphatic carbocycles. The molecular weight excluding hydrogens is 390 g/mol. The first kappa shape index (κ1) is 23.1. The summed E-state index contributed by atoms with van der Waals surface area (Å²) in [6.07, 6.45) is 2.17. The van der Waals surface area contributed by atoms with E-state index < -0.39 is 0 Å². The number of ether oxygens (including phenoxy) is 1. The topological polar surface area (TPSA) is 70.8 Å². The van der Waals surface area contributed by atoms with Crippen molar-refractivity contribution >= 4 is 11.6 Å². The van der Waals surface area contributed by atoms with Crippen LogP contribution in [0.15, 0.2) is 35.3 Å². The summed E-state index contributed by atoms with van der Waals surface area (Å²) in [5.41, 5.74) is 1.24. The number of anilines is 1. The Balaban J connectivity index is 1.56. The van der Waals surface area contributed by atoms with Gasteiger partial charge in [-0.25, -0.2) is 4.99 Å². The third-order valence-corrected chi connectivity index (χ3v) is 5.85. The molecule has 0 radical (unpaired) electrons. The van der Waals surface area contributed by atoms with Gasteiger partial charge in [0.1, 0.15) is 12.4 Å². The highest BCUT2D eigenvalue weighted by Crippen LogP contribution is 2.17. The monoisotopic (exact) mass is 427 g/mol. The molecule has 8 heteroatoms. The van der Waals surface area contributed by atoms with E-state index in [1.54, 1.807) is 0 Å². The van der Waals surface area contributed by atoms with E-state index in [4.69, 9.17) is 9.73 Å². The highest BCUT2D eigenvalue weighted by atomic mass is 16.5. The fourth-order valence-corrected chi connectivity index (χ4v) is 3.78. The summed E-state index contributed by atoms with van der Waals surface area (Å²) < 4.78 is 7.64. The molecule has 0 bridgehead atoms. The number of nitrogens with zero attached hydrogens (tertiary/aromatic N) is 6. The standard InChI is InChI=1S/C23H37N7O/c1-5-31-18-20-12-15-30(17-20)23(25-16-22-27-26-19(2)29(22)4)24-13-9-14-28(3)21-10-7-6-8-11-21/h6-8,10-11,20H,5,9,12-18H2,1-4H3,(H,24,25). The van der Waals surface area contributed by atoms with Gasteiger partial charge >= 0.3 is 0 Å². The van der Waals surface area contributed by atoms with Gasteiger partial charge in [0, 0.05) is 58.5 Å². The van der Waals surface area contributed by atoms with E-state index in [2.05, 4.69) is 69.6 Å². The molecule has 1 saturated heterocycles. The van der Waals surface area contributed by atoms with Crippen molar-refractivity contribution in [1.29, 1.82) is 0 Å². The fourth-order valence-electron chi connectivity index (χ4n) is 3.78. The number of hydrogen-bond acceptors (Lipinski definition) is 5. The van der Waals surface area contributed by atoms with E-state index in [-0.39, 0.29) is 0 Å². The Labute approximate surface area is 186 Å². The minimum Gasteiger partial charge on any atom is -0.381 e. The van der Waals surface area contributed by atoms with Crippen LogP contribution in [0.25, 0.3) is 0 Å². The summed E-state index contributed by atoms with van der Waals surface area (Å²) in [7, 11) is 4.13. The number of hydrogen-bond donors (Lipinski definition) is 1. The van der Waals surface area contributed by atoms with Gasteiger partial charge in [0.05, 0.1) is 6.61 Å². The van der Waals surface area contributed by atoms with Crippen molar-refractivity contribution in [3.63, 3.8) is 0 Å².